The van der Waals surface area contributed by atoms with E-state index in [1.807, 2.05) is 0 Å². The third-order valence-electron chi connectivity index (χ3n) is 6.54. The molecule has 5 N–H and O–H groups in total. The van der Waals surface area contributed by atoms with Crippen LogP contribution in [0.15, 0.2) is 30.6 Å². The summed E-state index contributed by atoms with van der Waals surface area (Å²) in [6.45, 7) is -1.24. The Morgan fingerprint density at radius 2 is 1.80 bits per heavy atom. The highest BCUT2D eigenvalue weighted by Gasteiger charge is 2.58. The van der Waals surface area contributed by atoms with Gasteiger partial charge in [-0.25, -0.2) is 13.9 Å². The van der Waals surface area contributed by atoms with Crippen molar-refractivity contribution in [2.45, 2.75) is 37.1 Å². The van der Waals surface area contributed by atoms with E-state index in [9.17, 15) is 45.4 Å². The highest BCUT2D eigenvalue weighted by Crippen LogP contribution is 2.39. The normalized spacial score (nSPS) is 19.5. The first-order valence-corrected chi connectivity index (χ1v) is 11.5. The van der Waals surface area contributed by atoms with Crippen molar-refractivity contribution >= 4 is 28.8 Å². The monoisotopic (exact) mass is 577 g/mol. The fourth-order valence-electron chi connectivity index (χ4n) is 4.34. The third kappa shape index (κ3) is 4.96. The number of amides is 2. The molecule has 216 valence electrons. The Balaban J connectivity index is 1.65. The number of nitrogens with zero attached hydrogens (tertiary/aromatic N) is 4. The number of aromatic nitrogens is 3. The number of carbonyl (C=O) groups is 2. The van der Waals surface area contributed by atoms with E-state index >= 15 is 0 Å². The number of rotatable bonds is 5. The van der Waals surface area contributed by atoms with Crippen LogP contribution in [0.2, 0.25) is 0 Å². The van der Waals surface area contributed by atoms with Gasteiger partial charge in [-0.3, -0.25) is 9.59 Å². The molecule has 1 aliphatic heterocycles. The first-order chi connectivity index (χ1) is 18.5. The molecule has 4 rings (SSSR count). The molecule has 0 aliphatic carbocycles. The summed E-state index contributed by atoms with van der Waals surface area (Å²) in [6.07, 6.45) is -11.1. The maximum absolute atomic E-state index is 14.7. The van der Waals surface area contributed by atoms with Crippen molar-refractivity contribution in [3.63, 3.8) is 0 Å². The van der Waals surface area contributed by atoms with Crippen LogP contribution in [0.1, 0.15) is 22.8 Å². The lowest BCUT2D eigenvalue weighted by Gasteiger charge is -2.29. The zero-order chi connectivity index (χ0) is 29.8. The number of anilines is 2. The van der Waals surface area contributed by atoms with Gasteiger partial charge < -0.3 is 26.4 Å². The number of aliphatic hydroxyl groups is 1. The molecule has 2 amide bonds. The Morgan fingerprint density at radius 1 is 1.12 bits per heavy atom. The molecule has 3 aromatic rings. The first-order valence-electron chi connectivity index (χ1n) is 11.5. The van der Waals surface area contributed by atoms with Crippen molar-refractivity contribution < 1.29 is 45.4 Å². The van der Waals surface area contributed by atoms with Crippen molar-refractivity contribution in [1.29, 1.82) is 0 Å². The van der Waals surface area contributed by atoms with Crippen molar-refractivity contribution in [3.05, 3.63) is 41.7 Å². The lowest BCUT2D eigenvalue weighted by atomic mass is 10.0. The van der Waals surface area contributed by atoms with Gasteiger partial charge in [0.05, 0.1) is 29.4 Å². The molecular weight excluding hydrogens is 555 g/mol. The molecular formula is C23H22F7N7O3. The predicted octanol–water partition coefficient (Wildman–Crippen LogP) is 2.63. The van der Waals surface area contributed by atoms with Gasteiger partial charge in [0.2, 0.25) is 5.60 Å². The number of hydrogen-bond acceptors (Lipinski definition) is 7. The molecule has 3 heterocycles. The molecule has 1 saturated heterocycles. The Labute approximate surface area is 220 Å². The smallest absolute Gasteiger partial charge is 0.387 e. The molecule has 0 radical (unpaired) electrons. The molecule has 40 heavy (non-hydrogen) atoms. The second-order valence-corrected chi connectivity index (χ2v) is 9.23. The highest BCUT2D eigenvalue weighted by molar-refractivity contribution is 6.01. The van der Waals surface area contributed by atoms with Gasteiger partial charge >= 0.3 is 12.4 Å². The summed E-state index contributed by atoms with van der Waals surface area (Å²) in [6, 6.07) is 3.32. The minimum Gasteiger partial charge on any atom is -0.387 e. The minimum absolute atomic E-state index is 0.0917. The number of nitrogens with one attached hydrogen (secondary N) is 2. The van der Waals surface area contributed by atoms with E-state index < -0.39 is 72.0 Å². The van der Waals surface area contributed by atoms with Crippen LogP contribution in [0.4, 0.5) is 42.2 Å². The summed E-state index contributed by atoms with van der Waals surface area (Å²) >= 11 is 0. The molecule has 1 fully saturated rings. The zero-order valence-corrected chi connectivity index (χ0v) is 20.7. The fraction of sp³-hybridized carbons (Fsp3) is 0.391. The van der Waals surface area contributed by atoms with Crippen LogP contribution in [0.25, 0.3) is 16.8 Å². The van der Waals surface area contributed by atoms with Gasteiger partial charge in [-0.1, -0.05) is 6.07 Å². The van der Waals surface area contributed by atoms with Gasteiger partial charge in [0.15, 0.2) is 5.82 Å². The molecule has 3 atom stereocenters. The highest BCUT2D eigenvalue weighted by atomic mass is 19.4. The van der Waals surface area contributed by atoms with Crippen molar-refractivity contribution in [2.75, 3.05) is 31.2 Å². The largest absolute Gasteiger partial charge is 0.426 e. The quantitative estimate of drug-likeness (QED) is 0.342. The average molecular weight is 577 g/mol. The lowest BCUT2D eigenvalue weighted by Crippen LogP contribution is -2.56. The van der Waals surface area contributed by atoms with E-state index in [4.69, 9.17) is 5.73 Å². The van der Waals surface area contributed by atoms with Crippen LogP contribution in [0, 0.1) is 0 Å². The van der Waals surface area contributed by atoms with Crippen LogP contribution in [-0.2, 0) is 11.0 Å². The van der Waals surface area contributed by atoms with Crippen LogP contribution in [0.3, 0.4) is 0 Å². The van der Waals surface area contributed by atoms with Crippen molar-refractivity contribution in [2.24, 2.45) is 0 Å². The minimum atomic E-state index is -5.32. The Hall–Kier alpha value is -4.15. The van der Waals surface area contributed by atoms with Gasteiger partial charge in [0.1, 0.15) is 18.0 Å². The molecule has 1 aliphatic rings. The van der Waals surface area contributed by atoms with E-state index in [1.54, 1.807) is 0 Å². The van der Waals surface area contributed by atoms with E-state index in [1.165, 1.54) is 25.2 Å². The van der Waals surface area contributed by atoms with E-state index in [0.717, 1.165) is 16.9 Å². The lowest BCUT2D eigenvalue weighted by molar-refractivity contribution is -0.249. The zero-order valence-electron chi connectivity index (χ0n) is 20.7. The first kappa shape index (κ1) is 28.8. The molecule has 1 aromatic carbocycles. The van der Waals surface area contributed by atoms with Crippen LogP contribution < -0.4 is 16.4 Å². The SMILES string of the molecule is CNc1ccc(-c2cc(C(F)(F)F)c3c(N)ncnn23)cc1C(=O)N[C@@H]1CN(C(=O)[C@@](C)(O)C(F)(F)F)C[C@@H]1F. The number of hydrogen-bond donors (Lipinski definition) is 4. The topological polar surface area (TPSA) is 138 Å². The number of alkyl halides is 7. The van der Waals surface area contributed by atoms with Crippen molar-refractivity contribution in [3.8, 4) is 11.3 Å². The second-order valence-electron chi connectivity index (χ2n) is 9.23. The van der Waals surface area contributed by atoms with Gasteiger partial charge in [0.25, 0.3) is 11.8 Å². The molecule has 17 heteroatoms. The number of benzene rings is 1. The summed E-state index contributed by atoms with van der Waals surface area (Å²) in [7, 11) is 1.45. The predicted molar refractivity (Wildman–Crippen MR) is 127 cm³/mol. The summed E-state index contributed by atoms with van der Waals surface area (Å²) in [5.74, 6) is -3.14. The summed E-state index contributed by atoms with van der Waals surface area (Å²) in [5.41, 5.74) is 0.328. The van der Waals surface area contributed by atoms with Gasteiger partial charge in [-0.05, 0) is 25.1 Å². The fourth-order valence-corrected chi connectivity index (χ4v) is 4.34. The summed E-state index contributed by atoms with van der Waals surface area (Å²) in [5, 5.41) is 18.5. The number of nitrogen functional groups attached to an aromatic ring is 1. The molecule has 10 nitrogen and oxygen atoms in total. The molecule has 0 unspecified atom stereocenters. The van der Waals surface area contributed by atoms with Gasteiger partial charge in [0, 0.05) is 24.8 Å². The third-order valence-corrected chi connectivity index (χ3v) is 6.54. The number of fused-ring (bicyclic) bond motifs is 1. The van der Waals surface area contributed by atoms with Gasteiger partial charge in [-0.15, -0.1) is 0 Å². The van der Waals surface area contributed by atoms with E-state index in [-0.39, 0.29) is 29.4 Å². The number of carbonyl (C=O) groups excluding carboxylic acids is 2. The van der Waals surface area contributed by atoms with E-state index in [0.29, 0.717) is 4.90 Å². The Bertz CT molecular complexity index is 1470. The molecule has 0 spiro atoms. The van der Waals surface area contributed by atoms with Gasteiger partial charge in [-0.2, -0.15) is 31.4 Å². The maximum atomic E-state index is 14.7. The number of nitrogens with two attached hydrogens (primary N) is 1. The van der Waals surface area contributed by atoms with Crippen LogP contribution >= 0.6 is 0 Å². The van der Waals surface area contributed by atoms with Crippen LogP contribution in [0.5, 0.6) is 0 Å². The average Bonchev–Trinajstić information content (AvgIpc) is 3.44. The Morgan fingerprint density at radius 3 is 2.40 bits per heavy atom. The van der Waals surface area contributed by atoms with Crippen molar-refractivity contribution in [1.82, 2.24) is 24.8 Å². The standard InChI is InChI=1S/C23H22F7N7O3/c1-21(40,23(28,29)30)20(39)36-7-13(24)15(8-36)35-19(38)11-5-10(3-4-14(11)32-2)16-6-12(22(25,26)27)17-18(31)33-9-34-37(16)17/h3-6,9,13,15,32,40H,7-8H2,1-2H3,(H,35,38)(H2,31,33,34)/t13-,15+,21+/m0/s1. The molecule has 2 aromatic heterocycles. The van der Waals surface area contributed by atoms with Crippen LogP contribution in [-0.4, -0.2) is 80.5 Å². The summed E-state index contributed by atoms with van der Waals surface area (Å²) < 4.78 is 95.9. The maximum Gasteiger partial charge on any atom is 0.426 e. The molecule has 0 bridgehead atoms. The molecule has 0 saturated carbocycles. The summed E-state index contributed by atoms with van der Waals surface area (Å²) in [4.78, 5) is 29.4. The second kappa shape index (κ2) is 9.79. The Kier molecular flexibility index (Phi) is 7.06. The number of likely N-dealkylation sites (tertiary alicyclic amines) is 1. The number of halogens is 7. The van der Waals surface area contributed by atoms with E-state index in [2.05, 4.69) is 20.7 Å².